The molecule has 1 heterocycles. The molecule has 156 valence electrons. The fourth-order valence-corrected chi connectivity index (χ4v) is 4.38. The lowest BCUT2D eigenvalue weighted by Crippen LogP contribution is -2.45. The summed E-state index contributed by atoms with van der Waals surface area (Å²) in [5, 5.41) is 6.97. The molecule has 1 aliphatic carbocycles. The molecule has 0 amide bonds. The average Bonchev–Trinajstić information content (AvgIpc) is 3.33. The zero-order valence-electron chi connectivity index (χ0n) is 17.7. The first kappa shape index (κ1) is 21.1. The summed E-state index contributed by atoms with van der Waals surface area (Å²) in [4.78, 5) is 9.39. The first-order valence-corrected chi connectivity index (χ1v) is 10.8. The van der Waals surface area contributed by atoms with Gasteiger partial charge in [-0.25, -0.2) is 9.38 Å². The Morgan fingerprint density at radius 1 is 1.25 bits per heavy atom. The molecule has 3 rings (SSSR count). The Labute approximate surface area is 169 Å². The molecular weight excluding hydrogens is 353 g/mol. The number of rotatable bonds is 7. The van der Waals surface area contributed by atoms with Gasteiger partial charge in [0.1, 0.15) is 5.82 Å². The second-order valence-electron chi connectivity index (χ2n) is 8.42. The Hall–Kier alpha value is -1.66. The molecule has 6 heteroatoms. The minimum atomic E-state index is -0.149. The van der Waals surface area contributed by atoms with E-state index in [1.165, 1.54) is 38.6 Å². The van der Waals surface area contributed by atoms with Crippen molar-refractivity contribution in [2.24, 2.45) is 4.99 Å². The number of aliphatic imine (C=N–C) groups is 1. The third-order valence-electron chi connectivity index (χ3n) is 5.76. The van der Waals surface area contributed by atoms with Crippen LogP contribution in [-0.4, -0.2) is 61.6 Å². The van der Waals surface area contributed by atoms with Crippen molar-refractivity contribution < 1.29 is 4.39 Å². The molecule has 1 atom stereocenters. The summed E-state index contributed by atoms with van der Waals surface area (Å²) in [6.07, 6.45) is 6.67. The summed E-state index contributed by atoms with van der Waals surface area (Å²) in [7, 11) is 3.90. The number of nitrogens with one attached hydrogen (secondary N) is 2. The van der Waals surface area contributed by atoms with Crippen LogP contribution in [0.25, 0.3) is 0 Å². The van der Waals surface area contributed by atoms with Crippen molar-refractivity contribution in [3.05, 3.63) is 35.1 Å². The lowest BCUT2D eigenvalue weighted by Gasteiger charge is -2.24. The molecule has 0 aromatic heterocycles. The molecule has 2 aliphatic rings. The van der Waals surface area contributed by atoms with Gasteiger partial charge >= 0.3 is 0 Å². The summed E-state index contributed by atoms with van der Waals surface area (Å²) < 4.78 is 14.0. The Morgan fingerprint density at radius 3 is 2.75 bits per heavy atom. The minimum Gasteiger partial charge on any atom is -0.357 e. The lowest BCUT2D eigenvalue weighted by molar-refractivity contribution is 0.242. The molecule has 28 heavy (non-hydrogen) atoms. The first-order valence-electron chi connectivity index (χ1n) is 10.8. The Morgan fingerprint density at radius 2 is 2.04 bits per heavy atom. The maximum atomic E-state index is 14.0. The summed E-state index contributed by atoms with van der Waals surface area (Å²) in [5.41, 5.74) is 1.76. The van der Waals surface area contributed by atoms with E-state index in [0.29, 0.717) is 19.1 Å². The van der Waals surface area contributed by atoms with Gasteiger partial charge < -0.3 is 15.5 Å². The maximum Gasteiger partial charge on any atom is 0.191 e. The van der Waals surface area contributed by atoms with Crippen LogP contribution in [-0.2, 0) is 13.1 Å². The Balaban J connectivity index is 1.58. The third-order valence-corrected chi connectivity index (χ3v) is 5.76. The maximum absolute atomic E-state index is 14.0. The van der Waals surface area contributed by atoms with Gasteiger partial charge in [-0.2, -0.15) is 0 Å². The SMILES string of the molecule is CCNC(=NCc1ccc(F)c(CN(C)C)c1)NC1CCN(C2CCCC2)C1. The highest BCUT2D eigenvalue weighted by atomic mass is 19.1. The van der Waals surface area contributed by atoms with Crippen molar-refractivity contribution in [3.63, 3.8) is 0 Å². The van der Waals surface area contributed by atoms with E-state index in [2.05, 4.69) is 22.5 Å². The van der Waals surface area contributed by atoms with Crippen molar-refractivity contribution in [1.29, 1.82) is 0 Å². The van der Waals surface area contributed by atoms with E-state index in [1.54, 1.807) is 6.07 Å². The predicted octanol–water partition coefficient (Wildman–Crippen LogP) is 2.96. The highest BCUT2D eigenvalue weighted by Crippen LogP contribution is 2.26. The van der Waals surface area contributed by atoms with E-state index in [9.17, 15) is 4.39 Å². The van der Waals surface area contributed by atoms with Gasteiger partial charge in [0.2, 0.25) is 0 Å². The Kier molecular flexibility index (Phi) is 7.68. The zero-order chi connectivity index (χ0) is 19.9. The van der Waals surface area contributed by atoms with E-state index in [0.717, 1.165) is 36.2 Å². The summed E-state index contributed by atoms with van der Waals surface area (Å²) >= 11 is 0. The monoisotopic (exact) mass is 389 g/mol. The van der Waals surface area contributed by atoms with Crippen molar-refractivity contribution in [2.75, 3.05) is 33.7 Å². The van der Waals surface area contributed by atoms with Gasteiger partial charge in [-0.15, -0.1) is 0 Å². The lowest BCUT2D eigenvalue weighted by atomic mass is 10.1. The largest absolute Gasteiger partial charge is 0.357 e. The highest BCUT2D eigenvalue weighted by Gasteiger charge is 2.30. The van der Waals surface area contributed by atoms with Crippen LogP contribution in [0.4, 0.5) is 4.39 Å². The number of hydrogen-bond acceptors (Lipinski definition) is 3. The third kappa shape index (κ3) is 5.92. The van der Waals surface area contributed by atoms with Crippen molar-refractivity contribution >= 4 is 5.96 Å². The number of guanidine groups is 1. The summed E-state index contributed by atoms with van der Waals surface area (Å²) in [6.45, 7) is 6.37. The fraction of sp³-hybridized carbons (Fsp3) is 0.682. The Bertz CT molecular complexity index is 654. The van der Waals surface area contributed by atoms with Crippen LogP contribution in [0.2, 0.25) is 0 Å². The number of hydrogen-bond donors (Lipinski definition) is 2. The van der Waals surface area contributed by atoms with Gasteiger partial charge in [0.15, 0.2) is 5.96 Å². The van der Waals surface area contributed by atoms with E-state index in [1.807, 2.05) is 31.1 Å². The van der Waals surface area contributed by atoms with E-state index < -0.39 is 0 Å². The van der Waals surface area contributed by atoms with Gasteiger partial charge in [0, 0.05) is 43.8 Å². The molecular formula is C22H36FN5. The number of halogens is 1. The molecule has 1 aromatic rings. The molecule has 5 nitrogen and oxygen atoms in total. The van der Waals surface area contributed by atoms with Crippen LogP contribution in [0.15, 0.2) is 23.2 Å². The van der Waals surface area contributed by atoms with Crippen LogP contribution in [0.5, 0.6) is 0 Å². The van der Waals surface area contributed by atoms with Crippen molar-refractivity contribution in [1.82, 2.24) is 20.4 Å². The second-order valence-corrected chi connectivity index (χ2v) is 8.42. The average molecular weight is 390 g/mol. The quantitative estimate of drug-likeness (QED) is 0.556. The molecule has 2 N–H and O–H groups in total. The number of benzene rings is 1. The normalized spacial score (nSPS) is 21.6. The molecule has 2 fully saturated rings. The van der Waals surface area contributed by atoms with E-state index in [4.69, 9.17) is 4.99 Å². The topological polar surface area (TPSA) is 42.9 Å². The zero-order valence-corrected chi connectivity index (χ0v) is 17.7. The van der Waals surface area contributed by atoms with Crippen LogP contribution in [0.1, 0.15) is 50.2 Å². The number of nitrogens with zero attached hydrogens (tertiary/aromatic N) is 3. The predicted molar refractivity (Wildman–Crippen MR) is 114 cm³/mol. The summed E-state index contributed by atoms with van der Waals surface area (Å²) in [5.74, 6) is 0.712. The number of likely N-dealkylation sites (tertiary alicyclic amines) is 1. The molecule has 0 radical (unpaired) electrons. The van der Waals surface area contributed by atoms with Crippen LogP contribution in [0.3, 0.4) is 0 Å². The van der Waals surface area contributed by atoms with Gasteiger partial charge in [-0.1, -0.05) is 18.9 Å². The fourth-order valence-electron chi connectivity index (χ4n) is 4.38. The minimum absolute atomic E-state index is 0.149. The van der Waals surface area contributed by atoms with Crippen LogP contribution >= 0.6 is 0 Å². The van der Waals surface area contributed by atoms with Gasteiger partial charge in [-0.05, 0) is 58.0 Å². The molecule has 1 aliphatic heterocycles. The molecule has 0 bridgehead atoms. The van der Waals surface area contributed by atoms with E-state index >= 15 is 0 Å². The smallest absolute Gasteiger partial charge is 0.191 e. The molecule has 1 saturated carbocycles. The summed E-state index contributed by atoms with van der Waals surface area (Å²) in [6, 6.07) is 6.57. The van der Waals surface area contributed by atoms with Crippen molar-refractivity contribution in [3.8, 4) is 0 Å². The first-order chi connectivity index (χ1) is 13.5. The molecule has 1 saturated heterocycles. The molecule has 1 aromatic carbocycles. The van der Waals surface area contributed by atoms with Crippen LogP contribution < -0.4 is 10.6 Å². The second kappa shape index (κ2) is 10.2. The van der Waals surface area contributed by atoms with Crippen molar-refractivity contribution in [2.45, 2.75) is 64.2 Å². The van der Waals surface area contributed by atoms with Gasteiger partial charge in [-0.3, -0.25) is 4.90 Å². The molecule has 0 spiro atoms. The van der Waals surface area contributed by atoms with Gasteiger partial charge in [0.25, 0.3) is 0 Å². The van der Waals surface area contributed by atoms with Crippen LogP contribution in [0, 0.1) is 5.82 Å². The van der Waals surface area contributed by atoms with Gasteiger partial charge in [0.05, 0.1) is 6.54 Å². The standard InChI is InChI=1S/C22H36FN5/c1-4-24-22(26-19-11-12-28(16-19)20-7-5-6-8-20)25-14-17-9-10-21(23)18(13-17)15-27(2)3/h9-10,13,19-20H,4-8,11-12,14-16H2,1-3H3,(H2,24,25,26). The highest BCUT2D eigenvalue weighted by molar-refractivity contribution is 5.80. The molecule has 1 unspecified atom stereocenters. The van der Waals surface area contributed by atoms with E-state index in [-0.39, 0.29) is 5.82 Å².